The van der Waals surface area contributed by atoms with Crippen LogP contribution in [0.4, 0.5) is 0 Å². The zero-order valence-corrected chi connectivity index (χ0v) is 39.0. The maximum absolute atomic E-state index is 10.3. The highest BCUT2D eigenvalue weighted by Gasteiger charge is 2.02. The molecule has 0 spiro atoms. The second kappa shape index (κ2) is 75.8. The van der Waals surface area contributed by atoms with Crippen LogP contribution in [-0.2, 0) is 9.59 Å². The minimum Gasteiger partial charge on any atom is -0.300 e. The minimum absolute atomic E-state index is 0.231. The first-order chi connectivity index (χ1) is 26.5. The Bertz CT molecular complexity index is 841. The molecule has 0 fully saturated rings. The fourth-order valence-electron chi connectivity index (χ4n) is 3.91. The van der Waals surface area contributed by atoms with Crippen LogP contribution in [0.3, 0.4) is 0 Å². The maximum atomic E-state index is 10.3. The molecule has 0 N–H and O–H groups in total. The Morgan fingerprint density at radius 1 is 0.527 bits per heavy atom. The van der Waals surface area contributed by atoms with Crippen molar-refractivity contribution in [2.75, 3.05) is 0 Å². The summed E-state index contributed by atoms with van der Waals surface area (Å²) in [5.41, 5.74) is 0. The van der Waals surface area contributed by atoms with Crippen molar-refractivity contribution in [3.05, 3.63) is 112 Å². The molecule has 0 aliphatic heterocycles. The first-order valence-electron chi connectivity index (χ1n) is 22.2. The number of carbonyl (C=O) groups is 2. The lowest BCUT2D eigenvalue weighted by Crippen LogP contribution is -1.96. The molecule has 1 rings (SSSR count). The smallest absolute Gasteiger partial charge is 0.133 e. The Morgan fingerprint density at radius 3 is 1.18 bits per heavy atom. The maximum Gasteiger partial charge on any atom is 0.133 e. The van der Waals surface area contributed by atoms with Crippen molar-refractivity contribution in [2.45, 2.75) is 210 Å². The molecule has 322 valence electrons. The van der Waals surface area contributed by atoms with Crippen molar-refractivity contribution >= 4 is 11.6 Å². The average molecular weight is 767 g/mol. The van der Waals surface area contributed by atoms with Crippen LogP contribution < -0.4 is 0 Å². The fraction of sp³-hybridized carbons (Fsp3) is 0.623. The van der Waals surface area contributed by atoms with Gasteiger partial charge in [0.25, 0.3) is 0 Å². The summed E-state index contributed by atoms with van der Waals surface area (Å²) in [6.45, 7) is 38.4. The van der Waals surface area contributed by atoms with Gasteiger partial charge < -0.3 is 0 Å². The molecule has 0 aromatic heterocycles. The van der Waals surface area contributed by atoms with E-state index in [9.17, 15) is 9.59 Å². The van der Waals surface area contributed by atoms with E-state index in [0.717, 1.165) is 31.6 Å². The molecule has 1 aliphatic carbocycles. The Labute approximate surface area is 348 Å². The van der Waals surface area contributed by atoms with E-state index in [4.69, 9.17) is 0 Å². The third-order valence-electron chi connectivity index (χ3n) is 7.26. The lowest BCUT2D eigenvalue weighted by atomic mass is 9.95. The molecular weight excluding hydrogens is 669 g/mol. The second-order valence-electron chi connectivity index (χ2n) is 13.3. The summed E-state index contributed by atoms with van der Waals surface area (Å²) < 4.78 is 0. The molecule has 0 bridgehead atoms. The van der Waals surface area contributed by atoms with Gasteiger partial charge in [-0.2, -0.15) is 0 Å². The number of ketones is 2. The third kappa shape index (κ3) is 112. The van der Waals surface area contributed by atoms with E-state index < -0.39 is 0 Å². The Morgan fingerprint density at radius 2 is 0.945 bits per heavy atom. The van der Waals surface area contributed by atoms with E-state index in [1.165, 1.54) is 103 Å². The third-order valence-corrected chi connectivity index (χ3v) is 7.26. The van der Waals surface area contributed by atoms with Gasteiger partial charge >= 0.3 is 0 Å². The summed E-state index contributed by atoms with van der Waals surface area (Å²) >= 11 is 0. The van der Waals surface area contributed by atoms with E-state index in [-0.39, 0.29) is 11.6 Å². The molecule has 0 radical (unpaired) electrons. The Hall–Kier alpha value is -3.00. The monoisotopic (exact) mass is 767 g/mol. The zero-order valence-electron chi connectivity index (χ0n) is 39.0. The van der Waals surface area contributed by atoms with E-state index in [0.29, 0.717) is 12.8 Å². The van der Waals surface area contributed by atoms with Gasteiger partial charge in [-0.1, -0.05) is 179 Å². The van der Waals surface area contributed by atoms with Gasteiger partial charge in [-0.05, 0) is 104 Å². The van der Waals surface area contributed by atoms with E-state index >= 15 is 0 Å². The van der Waals surface area contributed by atoms with E-state index in [1.807, 2.05) is 55.5 Å². The topological polar surface area (TPSA) is 34.1 Å². The van der Waals surface area contributed by atoms with Gasteiger partial charge in [-0.3, -0.25) is 9.59 Å². The molecule has 0 amide bonds. The standard InChI is InChI=1S/C8H12.C8H16.2C7H12O.C7H14.C6H12.2C5H10/c1-2-8-6-4-3-5-7-8;1-3-5-7-8-6-4-2;2*1-3-4-5-6-7(2)8;1-3-5-7-6-4-2;1-3-5-6-4-2;2*1-3-5-4-2/h2-4,8H,1,5-7H2;3H,1,4-8H2,2H3;2*4-5H,3,6H2,1-2H3;3H,1,4-7H2,2H3;3H,1,4-6H2,2H3;3,5H,4H2,1-2H3;3H,1,4-5H2,2H3/b;;2*5-4-;;;5-3+;. The molecule has 0 heterocycles. The molecule has 0 aromatic carbocycles. The summed E-state index contributed by atoms with van der Waals surface area (Å²) in [6, 6.07) is 0. The molecule has 0 saturated carbocycles. The van der Waals surface area contributed by atoms with Crippen molar-refractivity contribution in [2.24, 2.45) is 5.92 Å². The lowest BCUT2D eigenvalue weighted by molar-refractivity contribution is -0.117. The van der Waals surface area contributed by atoms with Crippen LogP contribution in [0.5, 0.6) is 0 Å². The highest BCUT2D eigenvalue weighted by atomic mass is 16.1. The number of allylic oxidation sites excluding steroid dienone is 13. The van der Waals surface area contributed by atoms with Crippen LogP contribution in [0.25, 0.3) is 0 Å². The molecule has 2 nitrogen and oxygen atoms in total. The fourth-order valence-corrected chi connectivity index (χ4v) is 3.91. The number of hydrogen-bond acceptors (Lipinski definition) is 2. The van der Waals surface area contributed by atoms with Crippen LogP contribution in [0, 0.1) is 5.92 Å². The number of rotatable bonds is 22. The predicted molar refractivity (Wildman–Crippen MR) is 259 cm³/mol. The number of hydrogen-bond donors (Lipinski definition) is 0. The summed E-state index contributed by atoms with van der Waals surface area (Å²) in [6.07, 6.45) is 52.5. The van der Waals surface area contributed by atoms with Crippen LogP contribution in [0.15, 0.2) is 112 Å². The van der Waals surface area contributed by atoms with Gasteiger partial charge in [-0.15, -0.1) is 32.9 Å². The molecule has 2 heteroatoms. The predicted octanol–water partition coefficient (Wildman–Crippen LogP) is 18.6. The van der Waals surface area contributed by atoms with Crippen LogP contribution in [0.1, 0.15) is 210 Å². The Kier molecular flexibility index (Phi) is 92.1. The van der Waals surface area contributed by atoms with Gasteiger partial charge in [0, 0.05) is 12.8 Å². The average Bonchev–Trinajstić information content (AvgIpc) is 3.19. The van der Waals surface area contributed by atoms with Gasteiger partial charge in [0.1, 0.15) is 11.6 Å². The lowest BCUT2D eigenvalue weighted by Gasteiger charge is -2.11. The second-order valence-corrected chi connectivity index (χ2v) is 13.3. The van der Waals surface area contributed by atoms with Gasteiger partial charge in [0.05, 0.1) is 0 Å². The number of Topliss-reactive ketones (excluding diaryl/α,β-unsaturated/α-hetero) is 2. The Balaban J connectivity index is -0.0000000964. The highest BCUT2D eigenvalue weighted by Crippen LogP contribution is 2.17. The molecule has 1 unspecified atom stereocenters. The minimum atomic E-state index is 0.231. The number of unbranched alkanes of at least 4 members (excludes halogenated alkanes) is 10. The normalized spacial score (nSPS) is 11.9. The van der Waals surface area contributed by atoms with Crippen molar-refractivity contribution in [3.63, 3.8) is 0 Å². The van der Waals surface area contributed by atoms with Crippen LogP contribution >= 0.6 is 0 Å². The molecule has 1 atom stereocenters. The highest BCUT2D eigenvalue weighted by molar-refractivity contribution is 5.77. The first-order valence-corrected chi connectivity index (χ1v) is 22.2. The van der Waals surface area contributed by atoms with E-state index in [1.54, 1.807) is 13.8 Å². The van der Waals surface area contributed by atoms with Gasteiger partial charge in [0.15, 0.2) is 0 Å². The number of carbonyl (C=O) groups excluding carboxylic acids is 2. The quantitative estimate of drug-likeness (QED) is 0.0812. The van der Waals surface area contributed by atoms with Crippen LogP contribution in [-0.4, -0.2) is 11.6 Å². The van der Waals surface area contributed by atoms with Crippen molar-refractivity contribution in [1.29, 1.82) is 0 Å². The van der Waals surface area contributed by atoms with Crippen molar-refractivity contribution < 1.29 is 9.59 Å². The molecule has 0 saturated heterocycles. The summed E-state index contributed by atoms with van der Waals surface area (Å²) in [7, 11) is 0. The SMILES string of the molecule is C/C=C/CC.C=CC1CC=CCC1.C=CCCC.C=CCCCC.C=CCCCCC.C=CCCCCCC.CC/C=C\CC(C)=O.CC/C=C\CC(C)=O. The first kappa shape index (κ1) is 66.8. The van der Waals surface area contributed by atoms with Gasteiger partial charge in [-0.25, -0.2) is 0 Å². The molecule has 55 heavy (non-hydrogen) atoms. The summed E-state index contributed by atoms with van der Waals surface area (Å²) in [5, 5.41) is 0. The van der Waals surface area contributed by atoms with Crippen molar-refractivity contribution in [1.82, 2.24) is 0 Å². The van der Waals surface area contributed by atoms with Crippen molar-refractivity contribution in [3.8, 4) is 0 Å². The van der Waals surface area contributed by atoms with E-state index in [2.05, 4.69) is 112 Å². The summed E-state index contributed by atoms with van der Waals surface area (Å²) in [5.74, 6) is 1.23. The van der Waals surface area contributed by atoms with Crippen LogP contribution in [0.2, 0.25) is 0 Å². The molecule has 1 aliphatic rings. The zero-order chi connectivity index (χ0) is 43.5. The molecule has 0 aromatic rings. The summed E-state index contributed by atoms with van der Waals surface area (Å²) in [4.78, 5) is 20.5. The van der Waals surface area contributed by atoms with Gasteiger partial charge in [0.2, 0.25) is 0 Å². The molecular formula is C53H98O2. The largest absolute Gasteiger partial charge is 0.300 e.